The Kier molecular flexibility index (Phi) is 5.67. The van der Waals surface area contributed by atoms with Crippen LogP contribution in [0.3, 0.4) is 0 Å². The van der Waals surface area contributed by atoms with E-state index in [0.717, 1.165) is 7.11 Å². The molecule has 4 N–H and O–H groups in total. The molecule has 0 heterocycles. The standard InChI is InChI=1S/C13H16N2O6/c1-7(17)10(13(20)21-2)15-12(19)8-4-3-5-9(11(8)18)14-6-16/h3-7,10,17-18H,1-2H3,(H,14,16)(H,15,19). The van der Waals surface area contributed by atoms with Crippen LogP contribution in [0.5, 0.6) is 5.75 Å². The molecule has 0 aliphatic rings. The van der Waals surface area contributed by atoms with Gasteiger partial charge in [0.05, 0.1) is 24.5 Å². The number of hydrogen-bond donors (Lipinski definition) is 4. The fourth-order valence-electron chi connectivity index (χ4n) is 1.63. The van der Waals surface area contributed by atoms with Gasteiger partial charge in [0.25, 0.3) is 5.91 Å². The van der Waals surface area contributed by atoms with E-state index in [1.54, 1.807) is 0 Å². The summed E-state index contributed by atoms with van der Waals surface area (Å²) in [7, 11) is 1.12. The van der Waals surface area contributed by atoms with Crippen LogP contribution in [0.25, 0.3) is 0 Å². The second-order valence-electron chi connectivity index (χ2n) is 4.18. The van der Waals surface area contributed by atoms with Crippen LogP contribution in [0, 0.1) is 0 Å². The fourth-order valence-corrected chi connectivity index (χ4v) is 1.63. The molecule has 114 valence electrons. The molecule has 0 saturated heterocycles. The molecule has 0 aliphatic heterocycles. The number of aliphatic hydroxyl groups excluding tert-OH is 1. The van der Waals surface area contributed by atoms with Gasteiger partial charge in [-0.05, 0) is 19.1 Å². The number of carbonyl (C=O) groups excluding carboxylic acids is 3. The maximum absolute atomic E-state index is 12.1. The number of para-hydroxylation sites is 1. The highest BCUT2D eigenvalue weighted by molar-refractivity contribution is 6.01. The van der Waals surface area contributed by atoms with Gasteiger partial charge in [-0.3, -0.25) is 9.59 Å². The summed E-state index contributed by atoms with van der Waals surface area (Å²) in [4.78, 5) is 33.9. The molecule has 2 atom stereocenters. The molecule has 0 saturated carbocycles. The molecule has 1 aromatic carbocycles. The van der Waals surface area contributed by atoms with E-state index < -0.39 is 29.8 Å². The Morgan fingerprint density at radius 2 is 2.05 bits per heavy atom. The lowest BCUT2D eigenvalue weighted by atomic mass is 10.1. The first kappa shape index (κ1) is 16.4. The third-order valence-corrected chi connectivity index (χ3v) is 2.72. The van der Waals surface area contributed by atoms with Gasteiger partial charge >= 0.3 is 5.97 Å². The van der Waals surface area contributed by atoms with E-state index >= 15 is 0 Å². The predicted octanol–water partition coefficient (Wildman–Crippen LogP) is -0.387. The lowest BCUT2D eigenvalue weighted by molar-refractivity contribution is -0.145. The summed E-state index contributed by atoms with van der Waals surface area (Å²) >= 11 is 0. The summed E-state index contributed by atoms with van der Waals surface area (Å²) in [5.74, 6) is -2.06. The molecule has 8 nitrogen and oxygen atoms in total. The van der Waals surface area contributed by atoms with Crippen molar-refractivity contribution in [1.82, 2.24) is 5.32 Å². The molecule has 0 aliphatic carbocycles. The Morgan fingerprint density at radius 1 is 1.38 bits per heavy atom. The van der Waals surface area contributed by atoms with Gasteiger partial charge in [0.1, 0.15) is 0 Å². The number of methoxy groups -OCH3 is 1. The van der Waals surface area contributed by atoms with Crippen molar-refractivity contribution in [3.05, 3.63) is 23.8 Å². The second kappa shape index (κ2) is 7.25. The molecule has 8 heteroatoms. The average Bonchev–Trinajstić information content (AvgIpc) is 2.45. The minimum atomic E-state index is -1.27. The van der Waals surface area contributed by atoms with Gasteiger partial charge in [-0.2, -0.15) is 0 Å². The Labute approximate surface area is 120 Å². The van der Waals surface area contributed by atoms with E-state index in [9.17, 15) is 24.6 Å². The van der Waals surface area contributed by atoms with Crippen LogP contribution in [-0.4, -0.2) is 47.8 Å². The zero-order valence-corrected chi connectivity index (χ0v) is 11.5. The van der Waals surface area contributed by atoms with Crippen LogP contribution < -0.4 is 10.6 Å². The predicted molar refractivity (Wildman–Crippen MR) is 72.7 cm³/mol. The van der Waals surface area contributed by atoms with Gasteiger partial charge in [0, 0.05) is 0 Å². The number of aromatic hydroxyl groups is 1. The van der Waals surface area contributed by atoms with Crippen LogP contribution in [0.4, 0.5) is 5.69 Å². The van der Waals surface area contributed by atoms with Crippen molar-refractivity contribution in [2.75, 3.05) is 12.4 Å². The lowest BCUT2D eigenvalue weighted by Crippen LogP contribution is -2.48. The van der Waals surface area contributed by atoms with Gasteiger partial charge in [-0.1, -0.05) is 6.07 Å². The molecule has 0 fully saturated rings. The van der Waals surface area contributed by atoms with E-state index in [1.165, 1.54) is 25.1 Å². The molecule has 2 unspecified atom stereocenters. The molecule has 1 rings (SSSR count). The smallest absolute Gasteiger partial charge is 0.331 e. The van der Waals surface area contributed by atoms with Crippen molar-refractivity contribution >= 4 is 24.0 Å². The molecule has 0 aromatic heterocycles. The first-order valence-corrected chi connectivity index (χ1v) is 6.01. The average molecular weight is 296 g/mol. The molecular formula is C13H16N2O6. The van der Waals surface area contributed by atoms with Gasteiger partial charge in [-0.15, -0.1) is 0 Å². The molecule has 21 heavy (non-hydrogen) atoms. The van der Waals surface area contributed by atoms with Gasteiger partial charge in [-0.25, -0.2) is 4.79 Å². The van der Waals surface area contributed by atoms with Crippen LogP contribution in [-0.2, 0) is 14.3 Å². The largest absolute Gasteiger partial charge is 0.505 e. The van der Waals surface area contributed by atoms with Crippen molar-refractivity contribution in [3.63, 3.8) is 0 Å². The van der Waals surface area contributed by atoms with Crippen molar-refractivity contribution in [2.24, 2.45) is 0 Å². The second-order valence-corrected chi connectivity index (χ2v) is 4.18. The minimum Gasteiger partial charge on any atom is -0.505 e. The highest BCUT2D eigenvalue weighted by Crippen LogP contribution is 2.26. The lowest BCUT2D eigenvalue weighted by Gasteiger charge is -2.19. The molecular weight excluding hydrogens is 280 g/mol. The number of ether oxygens (including phenoxy) is 1. The van der Waals surface area contributed by atoms with Crippen LogP contribution in [0.2, 0.25) is 0 Å². The molecule has 0 bridgehead atoms. The molecule has 1 aromatic rings. The van der Waals surface area contributed by atoms with Crippen molar-refractivity contribution in [2.45, 2.75) is 19.1 Å². The summed E-state index contributed by atoms with van der Waals surface area (Å²) in [6, 6.07) is 2.87. The Balaban J connectivity index is 3.00. The summed E-state index contributed by atoms with van der Waals surface area (Å²) in [5.41, 5.74) is -0.110. The number of amides is 2. The number of phenols is 1. The van der Waals surface area contributed by atoms with Gasteiger partial charge < -0.3 is 25.6 Å². The number of esters is 1. The topological polar surface area (TPSA) is 125 Å². The van der Waals surface area contributed by atoms with E-state index in [4.69, 9.17) is 0 Å². The van der Waals surface area contributed by atoms with Crippen LogP contribution in [0.15, 0.2) is 18.2 Å². The SMILES string of the molecule is COC(=O)C(NC(=O)c1cccc(NC=O)c1O)C(C)O. The highest BCUT2D eigenvalue weighted by Gasteiger charge is 2.28. The van der Waals surface area contributed by atoms with Crippen molar-refractivity contribution in [3.8, 4) is 5.75 Å². The monoisotopic (exact) mass is 296 g/mol. The van der Waals surface area contributed by atoms with E-state index in [2.05, 4.69) is 15.4 Å². The van der Waals surface area contributed by atoms with Gasteiger partial charge in [0.2, 0.25) is 6.41 Å². The number of phenolic OH excluding ortho intramolecular Hbond substituents is 1. The summed E-state index contributed by atoms with van der Waals surface area (Å²) in [6.45, 7) is 1.31. The molecule has 0 radical (unpaired) electrons. The summed E-state index contributed by atoms with van der Waals surface area (Å²) < 4.78 is 4.47. The third kappa shape index (κ3) is 3.93. The number of rotatable bonds is 6. The number of anilines is 1. The van der Waals surface area contributed by atoms with Crippen LogP contribution >= 0.6 is 0 Å². The molecule has 0 spiro atoms. The fraction of sp³-hybridized carbons (Fsp3) is 0.308. The van der Waals surface area contributed by atoms with Gasteiger partial charge in [0.15, 0.2) is 11.8 Å². The number of benzene rings is 1. The first-order chi connectivity index (χ1) is 9.92. The maximum Gasteiger partial charge on any atom is 0.331 e. The van der Waals surface area contributed by atoms with Crippen LogP contribution in [0.1, 0.15) is 17.3 Å². The minimum absolute atomic E-state index is 0.0457. The third-order valence-electron chi connectivity index (χ3n) is 2.72. The Morgan fingerprint density at radius 3 is 2.57 bits per heavy atom. The van der Waals surface area contributed by atoms with Crippen molar-refractivity contribution in [1.29, 1.82) is 0 Å². The van der Waals surface area contributed by atoms with E-state index in [1.807, 2.05) is 0 Å². The Hall–Kier alpha value is -2.61. The summed E-state index contributed by atoms with van der Waals surface area (Å²) in [5, 5.41) is 23.8. The zero-order chi connectivity index (χ0) is 16.0. The number of hydrogen-bond acceptors (Lipinski definition) is 6. The van der Waals surface area contributed by atoms with E-state index in [-0.39, 0.29) is 11.3 Å². The Bertz CT molecular complexity index is 543. The normalized spacial score (nSPS) is 12.9. The zero-order valence-electron chi connectivity index (χ0n) is 11.5. The number of aliphatic hydroxyl groups is 1. The van der Waals surface area contributed by atoms with Crippen molar-refractivity contribution < 1.29 is 29.3 Å². The maximum atomic E-state index is 12.1. The van der Waals surface area contributed by atoms with E-state index in [0.29, 0.717) is 6.41 Å². The quantitative estimate of drug-likeness (QED) is 0.322. The number of nitrogens with one attached hydrogen (secondary N) is 2. The highest BCUT2D eigenvalue weighted by atomic mass is 16.5. The number of carbonyl (C=O) groups is 3. The molecule has 2 amide bonds. The first-order valence-electron chi connectivity index (χ1n) is 6.01. The summed E-state index contributed by atoms with van der Waals surface area (Å²) in [6.07, 6.45) is -0.830.